The molecule has 0 aliphatic heterocycles. The molecule has 0 spiro atoms. The predicted molar refractivity (Wildman–Crippen MR) is 118 cm³/mol. The van der Waals surface area contributed by atoms with Gasteiger partial charge in [0.1, 0.15) is 17.7 Å². The number of pyridine rings is 1. The highest BCUT2D eigenvalue weighted by atomic mass is 16.5. The number of aromatic nitrogens is 5. The molecular formula is C23H18N6O2. The average molecular weight is 410 g/mol. The number of fused-ring (bicyclic) bond motifs is 1. The third-order valence-electron chi connectivity index (χ3n) is 4.66. The molecule has 0 aliphatic carbocycles. The second kappa shape index (κ2) is 8.11. The maximum absolute atomic E-state index is 12.5. The van der Waals surface area contributed by atoms with Crippen molar-refractivity contribution < 1.29 is 4.74 Å². The minimum absolute atomic E-state index is 0.265. The number of hydrogen-bond acceptors (Lipinski definition) is 6. The van der Waals surface area contributed by atoms with E-state index in [-0.39, 0.29) is 5.56 Å². The fraction of sp³-hybridized carbons (Fsp3) is 0.0435. The summed E-state index contributed by atoms with van der Waals surface area (Å²) in [4.78, 5) is 24.0. The molecular weight excluding hydrogens is 392 g/mol. The number of para-hydroxylation sites is 1. The zero-order valence-electron chi connectivity index (χ0n) is 16.4. The maximum Gasteiger partial charge on any atom is 0.263 e. The largest absolute Gasteiger partial charge is 0.489 e. The molecule has 8 heteroatoms. The van der Waals surface area contributed by atoms with E-state index in [1.165, 1.54) is 6.20 Å². The van der Waals surface area contributed by atoms with Crippen LogP contribution in [0.15, 0.2) is 90.1 Å². The number of nitrogens with one attached hydrogen (secondary N) is 2. The number of nitrogens with zero attached hydrogens (tertiary/aromatic N) is 4. The number of ether oxygens (including phenoxy) is 1. The molecule has 3 heterocycles. The molecule has 0 bridgehead atoms. The first-order valence-corrected chi connectivity index (χ1v) is 9.68. The summed E-state index contributed by atoms with van der Waals surface area (Å²) in [5, 5.41) is 7.89. The van der Waals surface area contributed by atoms with Crippen LogP contribution in [0.2, 0.25) is 0 Å². The van der Waals surface area contributed by atoms with Gasteiger partial charge in [0.25, 0.3) is 5.56 Å². The molecule has 0 amide bonds. The molecule has 5 aromatic rings. The van der Waals surface area contributed by atoms with Gasteiger partial charge in [-0.05, 0) is 30.3 Å². The van der Waals surface area contributed by atoms with Crippen LogP contribution in [0.1, 0.15) is 5.56 Å². The first-order valence-electron chi connectivity index (χ1n) is 9.68. The lowest BCUT2D eigenvalue weighted by atomic mass is 10.3. The Balaban J connectivity index is 1.41. The lowest BCUT2D eigenvalue weighted by Gasteiger charge is -2.10. The summed E-state index contributed by atoms with van der Waals surface area (Å²) in [6.07, 6.45) is 5.01. The van der Waals surface area contributed by atoms with Crippen molar-refractivity contribution in [2.45, 2.75) is 6.61 Å². The Morgan fingerprint density at radius 3 is 2.74 bits per heavy atom. The van der Waals surface area contributed by atoms with Crippen molar-refractivity contribution in [3.8, 4) is 11.4 Å². The smallest absolute Gasteiger partial charge is 0.263 e. The van der Waals surface area contributed by atoms with Gasteiger partial charge in [0.2, 0.25) is 5.95 Å². The highest BCUT2D eigenvalue weighted by Crippen LogP contribution is 2.21. The van der Waals surface area contributed by atoms with Crippen LogP contribution >= 0.6 is 0 Å². The van der Waals surface area contributed by atoms with Gasteiger partial charge in [0.05, 0.1) is 11.9 Å². The molecule has 3 aromatic heterocycles. The van der Waals surface area contributed by atoms with Gasteiger partial charge in [-0.1, -0.05) is 30.3 Å². The average Bonchev–Trinajstić information content (AvgIpc) is 3.24. The van der Waals surface area contributed by atoms with Gasteiger partial charge in [0.15, 0.2) is 5.65 Å². The van der Waals surface area contributed by atoms with Crippen molar-refractivity contribution in [2.24, 2.45) is 0 Å². The van der Waals surface area contributed by atoms with Crippen molar-refractivity contribution >= 4 is 22.7 Å². The summed E-state index contributed by atoms with van der Waals surface area (Å²) in [6.45, 7) is 0.411. The van der Waals surface area contributed by atoms with Crippen LogP contribution < -0.4 is 15.6 Å². The molecule has 0 unspecified atom stereocenters. The Hall–Kier alpha value is -4.46. The summed E-state index contributed by atoms with van der Waals surface area (Å²) < 4.78 is 7.48. The van der Waals surface area contributed by atoms with Crippen molar-refractivity contribution in [3.05, 3.63) is 101 Å². The monoisotopic (exact) mass is 410 g/mol. The molecule has 0 fully saturated rings. The zero-order valence-corrected chi connectivity index (χ0v) is 16.4. The molecule has 2 aromatic carbocycles. The number of rotatable bonds is 6. The molecule has 0 saturated heterocycles. The number of H-pyrrole nitrogens is 1. The Kier molecular flexibility index (Phi) is 4.86. The first kappa shape index (κ1) is 18.6. The summed E-state index contributed by atoms with van der Waals surface area (Å²) >= 11 is 0. The Bertz CT molecular complexity index is 1380. The highest BCUT2D eigenvalue weighted by Gasteiger charge is 2.12. The van der Waals surface area contributed by atoms with Crippen LogP contribution in [0.3, 0.4) is 0 Å². The summed E-state index contributed by atoms with van der Waals surface area (Å²) in [6, 6.07) is 20.8. The Morgan fingerprint density at radius 1 is 1.00 bits per heavy atom. The molecule has 31 heavy (non-hydrogen) atoms. The fourth-order valence-electron chi connectivity index (χ4n) is 3.19. The molecule has 5 rings (SSSR count). The fourth-order valence-corrected chi connectivity index (χ4v) is 3.19. The van der Waals surface area contributed by atoms with Gasteiger partial charge in [-0.25, -0.2) is 4.68 Å². The topological polar surface area (TPSA) is 97.7 Å². The maximum atomic E-state index is 12.5. The van der Waals surface area contributed by atoms with E-state index in [0.717, 1.165) is 16.9 Å². The standard InChI is InChI=1S/C23H18N6O2/c30-22-20-14-25-29(18-8-2-1-3-9-18)21(20)27-23(28-22)26-17-7-4-10-19(12-17)31-15-16-6-5-11-24-13-16/h1-14H,15H2,(H2,26,27,28,30). The van der Waals surface area contributed by atoms with E-state index in [4.69, 9.17) is 4.74 Å². The second-order valence-corrected chi connectivity index (χ2v) is 6.85. The molecule has 0 aliphatic rings. The van der Waals surface area contributed by atoms with E-state index in [1.807, 2.05) is 66.7 Å². The molecule has 0 radical (unpaired) electrons. The van der Waals surface area contributed by atoms with Crippen LogP contribution in [-0.4, -0.2) is 24.7 Å². The number of hydrogen-bond donors (Lipinski definition) is 2. The number of anilines is 2. The van der Waals surface area contributed by atoms with E-state index in [9.17, 15) is 4.79 Å². The van der Waals surface area contributed by atoms with Gasteiger partial charge >= 0.3 is 0 Å². The van der Waals surface area contributed by atoms with Crippen molar-refractivity contribution in [3.63, 3.8) is 0 Å². The normalized spacial score (nSPS) is 10.8. The third kappa shape index (κ3) is 3.99. The first-order chi connectivity index (χ1) is 15.3. The van der Waals surface area contributed by atoms with Gasteiger partial charge in [-0.2, -0.15) is 10.1 Å². The lowest BCUT2D eigenvalue weighted by molar-refractivity contribution is 0.306. The van der Waals surface area contributed by atoms with E-state index >= 15 is 0 Å². The summed E-state index contributed by atoms with van der Waals surface area (Å²) in [5.41, 5.74) is 2.75. The Morgan fingerprint density at radius 2 is 1.90 bits per heavy atom. The number of benzene rings is 2. The summed E-state index contributed by atoms with van der Waals surface area (Å²) in [7, 11) is 0. The van der Waals surface area contributed by atoms with E-state index in [1.54, 1.807) is 17.1 Å². The SMILES string of the molecule is O=c1[nH]c(Nc2cccc(OCc3cccnc3)c2)nc2c1cnn2-c1ccccc1. The van der Waals surface area contributed by atoms with Crippen LogP contribution in [-0.2, 0) is 6.61 Å². The summed E-state index contributed by atoms with van der Waals surface area (Å²) in [5.74, 6) is 1.01. The minimum atomic E-state index is -0.265. The van der Waals surface area contributed by atoms with Gasteiger partial charge < -0.3 is 10.1 Å². The van der Waals surface area contributed by atoms with Gasteiger partial charge in [-0.15, -0.1) is 0 Å². The molecule has 152 valence electrons. The van der Waals surface area contributed by atoms with E-state index < -0.39 is 0 Å². The zero-order chi connectivity index (χ0) is 21.0. The van der Waals surface area contributed by atoms with Crippen LogP contribution in [0.4, 0.5) is 11.6 Å². The second-order valence-electron chi connectivity index (χ2n) is 6.85. The molecule has 0 saturated carbocycles. The van der Waals surface area contributed by atoms with Crippen molar-refractivity contribution in [1.29, 1.82) is 0 Å². The van der Waals surface area contributed by atoms with Crippen molar-refractivity contribution in [1.82, 2.24) is 24.7 Å². The van der Waals surface area contributed by atoms with Crippen molar-refractivity contribution in [2.75, 3.05) is 5.32 Å². The van der Waals surface area contributed by atoms with E-state index in [2.05, 4.69) is 25.4 Å². The molecule has 8 nitrogen and oxygen atoms in total. The van der Waals surface area contributed by atoms with Gasteiger partial charge in [0, 0.05) is 29.7 Å². The minimum Gasteiger partial charge on any atom is -0.489 e. The van der Waals surface area contributed by atoms with E-state index in [0.29, 0.717) is 29.3 Å². The third-order valence-corrected chi connectivity index (χ3v) is 4.66. The number of aromatic amines is 1. The highest BCUT2D eigenvalue weighted by molar-refractivity contribution is 5.76. The van der Waals surface area contributed by atoms with Crippen LogP contribution in [0, 0.1) is 0 Å². The van der Waals surface area contributed by atoms with Crippen LogP contribution in [0.5, 0.6) is 5.75 Å². The van der Waals surface area contributed by atoms with Gasteiger partial charge in [-0.3, -0.25) is 14.8 Å². The molecule has 0 atom stereocenters. The quantitative estimate of drug-likeness (QED) is 0.442. The molecule has 2 N–H and O–H groups in total. The predicted octanol–water partition coefficient (Wildman–Crippen LogP) is 3.83. The van der Waals surface area contributed by atoms with Crippen LogP contribution in [0.25, 0.3) is 16.7 Å². The Labute approximate surface area is 177 Å². The lowest BCUT2D eigenvalue weighted by Crippen LogP contribution is -2.11.